The Hall–Kier alpha value is -3.52. The van der Waals surface area contributed by atoms with Gasteiger partial charge in [0, 0.05) is 11.3 Å². The summed E-state index contributed by atoms with van der Waals surface area (Å²) in [5, 5.41) is 5.92. The van der Waals surface area contributed by atoms with Crippen molar-refractivity contribution in [2.75, 3.05) is 15.5 Å². The molecule has 1 aliphatic rings. The number of hydrogen-bond donors (Lipinski definition) is 2. The molecule has 0 unspecified atom stereocenters. The van der Waals surface area contributed by atoms with Crippen molar-refractivity contribution in [3.63, 3.8) is 0 Å². The maximum absolute atomic E-state index is 13.0. The molecule has 7 nitrogen and oxygen atoms in total. The molecule has 3 amide bonds. The molecule has 10 heteroatoms. The Morgan fingerprint density at radius 3 is 2.25 bits per heavy atom. The van der Waals surface area contributed by atoms with Crippen molar-refractivity contribution in [2.24, 2.45) is 0 Å². The van der Waals surface area contributed by atoms with E-state index in [1.165, 1.54) is 18.2 Å². The number of carbonyl (C=O) groups is 3. The van der Waals surface area contributed by atoms with Gasteiger partial charge in [0.2, 0.25) is 0 Å². The van der Waals surface area contributed by atoms with Gasteiger partial charge >= 0.3 is 0 Å². The predicted octanol–water partition coefficient (Wildman–Crippen LogP) is 6.47. The fraction of sp³-hybridized carbons (Fsp3) is 0.115. The molecule has 0 atom stereocenters. The number of nitrogens with one attached hydrogen (secondary N) is 2. The molecule has 0 saturated heterocycles. The van der Waals surface area contributed by atoms with Crippen LogP contribution in [0, 0.1) is 0 Å². The second kappa shape index (κ2) is 10.6. The summed E-state index contributed by atoms with van der Waals surface area (Å²) in [6, 6.07) is 17.9. The summed E-state index contributed by atoms with van der Waals surface area (Å²) in [7, 11) is 0. The molecule has 0 spiro atoms. The highest BCUT2D eigenvalue weighted by atomic mass is 35.5. The van der Waals surface area contributed by atoms with Crippen molar-refractivity contribution >= 4 is 69.6 Å². The lowest BCUT2D eigenvalue weighted by molar-refractivity contribution is -0.120. The van der Waals surface area contributed by atoms with Gasteiger partial charge < -0.3 is 15.4 Å². The lowest BCUT2D eigenvalue weighted by Gasteiger charge is -2.16. The first-order chi connectivity index (χ1) is 17.2. The molecule has 3 aromatic carbocycles. The van der Waals surface area contributed by atoms with E-state index in [2.05, 4.69) is 10.6 Å². The summed E-state index contributed by atoms with van der Waals surface area (Å²) in [6.45, 7) is 3.80. The summed E-state index contributed by atoms with van der Waals surface area (Å²) in [5.41, 5.74) is 1.53. The maximum Gasteiger partial charge on any atom is 0.283 e. The number of amides is 3. The van der Waals surface area contributed by atoms with Crippen molar-refractivity contribution in [2.45, 2.75) is 20.0 Å². The zero-order valence-electron chi connectivity index (χ0n) is 19.1. The Labute approximate surface area is 222 Å². The summed E-state index contributed by atoms with van der Waals surface area (Å²) >= 11 is 18.1. The minimum Gasteiger partial charge on any atom is -0.489 e. The fourth-order valence-corrected chi connectivity index (χ4v) is 3.95. The number of para-hydroxylation sites is 2. The minimum absolute atomic E-state index is 0.0488. The van der Waals surface area contributed by atoms with E-state index in [1.807, 2.05) is 19.9 Å². The first kappa shape index (κ1) is 25.6. The van der Waals surface area contributed by atoms with E-state index in [0.717, 1.165) is 4.90 Å². The Morgan fingerprint density at radius 2 is 1.58 bits per heavy atom. The third-order valence-electron chi connectivity index (χ3n) is 5.10. The van der Waals surface area contributed by atoms with Crippen LogP contribution in [0.5, 0.6) is 5.75 Å². The number of imide groups is 1. The number of nitrogens with zero attached hydrogens (tertiary/aromatic N) is 1. The molecule has 2 N–H and O–H groups in total. The van der Waals surface area contributed by atoms with Crippen LogP contribution in [0.3, 0.4) is 0 Å². The van der Waals surface area contributed by atoms with Gasteiger partial charge in [0.05, 0.1) is 27.5 Å². The van der Waals surface area contributed by atoms with Crippen LogP contribution in [-0.2, 0) is 9.59 Å². The van der Waals surface area contributed by atoms with Gasteiger partial charge in [-0.05, 0) is 68.4 Å². The maximum atomic E-state index is 13.0. The lowest BCUT2D eigenvalue weighted by Crippen LogP contribution is -2.32. The Kier molecular flexibility index (Phi) is 7.54. The van der Waals surface area contributed by atoms with Crippen molar-refractivity contribution < 1.29 is 19.1 Å². The third kappa shape index (κ3) is 5.33. The molecule has 4 rings (SSSR count). The highest BCUT2D eigenvalue weighted by Crippen LogP contribution is 2.33. The van der Waals surface area contributed by atoms with Crippen molar-refractivity contribution in [3.8, 4) is 5.75 Å². The number of rotatable bonds is 7. The normalized spacial score (nSPS) is 13.4. The van der Waals surface area contributed by atoms with Crippen LogP contribution in [0.2, 0.25) is 10.0 Å². The zero-order chi connectivity index (χ0) is 26.0. The summed E-state index contributed by atoms with van der Waals surface area (Å²) in [5.74, 6) is -1.11. The van der Waals surface area contributed by atoms with Gasteiger partial charge in [0.15, 0.2) is 0 Å². The second-order valence-corrected chi connectivity index (χ2v) is 9.24. The Balaban J connectivity index is 1.48. The number of benzene rings is 3. The van der Waals surface area contributed by atoms with E-state index in [4.69, 9.17) is 39.5 Å². The van der Waals surface area contributed by atoms with E-state index in [9.17, 15) is 14.4 Å². The average Bonchev–Trinajstić information content (AvgIpc) is 3.05. The molecule has 0 aromatic heterocycles. The molecule has 1 heterocycles. The van der Waals surface area contributed by atoms with E-state index >= 15 is 0 Å². The smallest absolute Gasteiger partial charge is 0.283 e. The number of carbonyl (C=O) groups excluding carboxylic acids is 3. The van der Waals surface area contributed by atoms with Crippen molar-refractivity contribution in [1.29, 1.82) is 0 Å². The Morgan fingerprint density at radius 1 is 0.889 bits per heavy atom. The van der Waals surface area contributed by atoms with Gasteiger partial charge in [-0.15, -0.1) is 0 Å². The van der Waals surface area contributed by atoms with Crippen molar-refractivity contribution in [1.82, 2.24) is 0 Å². The first-order valence-corrected chi connectivity index (χ1v) is 12.0. The molecule has 0 bridgehead atoms. The SMILES string of the molecule is CC(C)Oc1ccccc1NC(=O)c1ccc(NC2=C(Cl)C(=O)N(c3ccc(Cl)c(Cl)c3)C2=O)cc1. The van der Waals surface area contributed by atoms with Crippen LogP contribution in [0.15, 0.2) is 77.5 Å². The number of anilines is 3. The first-order valence-electron chi connectivity index (χ1n) is 10.8. The molecule has 0 fully saturated rings. The van der Waals surface area contributed by atoms with Crippen LogP contribution >= 0.6 is 34.8 Å². The molecule has 1 aliphatic heterocycles. The monoisotopic (exact) mass is 543 g/mol. The van der Waals surface area contributed by atoms with E-state index < -0.39 is 11.8 Å². The molecular formula is C26H20Cl3N3O4. The minimum atomic E-state index is -0.694. The standard InChI is InChI=1S/C26H20Cl3N3O4/c1-14(2)36-21-6-4-3-5-20(21)31-24(33)15-7-9-16(10-8-15)30-23-22(29)25(34)32(26(23)35)17-11-12-18(27)19(28)13-17/h3-14,30H,1-2H3,(H,31,33). The quantitative estimate of drug-likeness (QED) is 0.333. The van der Waals surface area contributed by atoms with E-state index in [-0.39, 0.29) is 38.5 Å². The van der Waals surface area contributed by atoms with E-state index in [0.29, 0.717) is 22.7 Å². The van der Waals surface area contributed by atoms with E-state index in [1.54, 1.807) is 42.5 Å². The van der Waals surface area contributed by atoms with Gasteiger partial charge in [-0.1, -0.05) is 46.9 Å². The largest absolute Gasteiger partial charge is 0.489 e. The van der Waals surface area contributed by atoms with Gasteiger partial charge in [-0.25, -0.2) is 4.90 Å². The lowest BCUT2D eigenvalue weighted by atomic mass is 10.1. The molecule has 184 valence electrons. The van der Waals surface area contributed by atoms with Gasteiger partial charge in [-0.3, -0.25) is 14.4 Å². The van der Waals surface area contributed by atoms with Crippen LogP contribution in [0.4, 0.5) is 17.1 Å². The summed E-state index contributed by atoms with van der Waals surface area (Å²) < 4.78 is 5.74. The number of halogens is 3. The Bertz CT molecular complexity index is 1390. The molecule has 0 aliphatic carbocycles. The van der Waals surface area contributed by atoms with Crippen LogP contribution < -0.4 is 20.3 Å². The molecule has 3 aromatic rings. The molecule has 0 radical (unpaired) electrons. The topological polar surface area (TPSA) is 87.7 Å². The van der Waals surface area contributed by atoms with Crippen LogP contribution in [-0.4, -0.2) is 23.8 Å². The molecular weight excluding hydrogens is 525 g/mol. The average molecular weight is 545 g/mol. The highest BCUT2D eigenvalue weighted by Gasteiger charge is 2.39. The summed E-state index contributed by atoms with van der Waals surface area (Å²) in [6.07, 6.45) is -0.0488. The van der Waals surface area contributed by atoms with Crippen LogP contribution in [0.25, 0.3) is 0 Å². The third-order valence-corrected chi connectivity index (χ3v) is 6.19. The fourth-order valence-electron chi connectivity index (χ4n) is 3.44. The van der Waals surface area contributed by atoms with Gasteiger partial charge in [0.25, 0.3) is 17.7 Å². The highest BCUT2D eigenvalue weighted by molar-refractivity contribution is 6.53. The molecule has 36 heavy (non-hydrogen) atoms. The number of ether oxygens (including phenoxy) is 1. The number of hydrogen-bond acceptors (Lipinski definition) is 5. The second-order valence-electron chi connectivity index (χ2n) is 8.05. The zero-order valence-corrected chi connectivity index (χ0v) is 21.4. The summed E-state index contributed by atoms with van der Waals surface area (Å²) in [4.78, 5) is 39.3. The predicted molar refractivity (Wildman–Crippen MR) is 142 cm³/mol. The van der Waals surface area contributed by atoms with Gasteiger partial charge in [0.1, 0.15) is 16.5 Å². The van der Waals surface area contributed by atoms with Gasteiger partial charge in [-0.2, -0.15) is 0 Å². The molecule has 0 saturated carbocycles. The van der Waals surface area contributed by atoms with Crippen molar-refractivity contribution in [3.05, 3.63) is 93.1 Å². The van der Waals surface area contributed by atoms with Crippen LogP contribution in [0.1, 0.15) is 24.2 Å².